The molecular weight excluding hydrogens is 364 g/mol. The monoisotopic (exact) mass is 384 g/mol. The SMILES string of the molecule is Cc1ccccc1OCCC(=O)OCC(=O)Nc1ccccc1SCC#N. The Kier molecular flexibility index (Phi) is 8.20. The van der Waals surface area contributed by atoms with Crippen LogP contribution in [0, 0.1) is 18.3 Å². The number of aryl methyl sites for hydroxylation is 1. The molecule has 0 spiro atoms. The molecule has 0 aliphatic heterocycles. The summed E-state index contributed by atoms with van der Waals surface area (Å²) in [6.07, 6.45) is 0.0518. The lowest BCUT2D eigenvalue weighted by Gasteiger charge is -2.11. The maximum atomic E-state index is 12.0. The fraction of sp³-hybridized carbons (Fsp3) is 0.250. The molecule has 0 saturated carbocycles. The van der Waals surface area contributed by atoms with E-state index in [-0.39, 0.29) is 25.4 Å². The van der Waals surface area contributed by atoms with Gasteiger partial charge in [0.25, 0.3) is 5.91 Å². The number of nitrogens with one attached hydrogen (secondary N) is 1. The number of hydrogen-bond donors (Lipinski definition) is 1. The van der Waals surface area contributed by atoms with Crippen molar-refractivity contribution in [2.75, 3.05) is 24.3 Å². The van der Waals surface area contributed by atoms with Crippen LogP contribution >= 0.6 is 11.8 Å². The van der Waals surface area contributed by atoms with Gasteiger partial charge in [-0.15, -0.1) is 11.8 Å². The first-order chi connectivity index (χ1) is 13.1. The van der Waals surface area contributed by atoms with Crippen LogP contribution in [0.5, 0.6) is 5.75 Å². The summed E-state index contributed by atoms with van der Waals surface area (Å²) in [5.74, 6) is 0.0523. The number of carbonyl (C=O) groups excluding carboxylic acids is 2. The summed E-state index contributed by atoms with van der Waals surface area (Å²) < 4.78 is 10.5. The Morgan fingerprint density at radius 3 is 2.67 bits per heavy atom. The highest BCUT2D eigenvalue weighted by atomic mass is 32.2. The topological polar surface area (TPSA) is 88.4 Å². The van der Waals surface area contributed by atoms with Gasteiger partial charge >= 0.3 is 5.97 Å². The van der Waals surface area contributed by atoms with Crippen LogP contribution in [-0.2, 0) is 14.3 Å². The van der Waals surface area contributed by atoms with Crippen molar-refractivity contribution in [2.24, 2.45) is 0 Å². The highest BCUT2D eigenvalue weighted by molar-refractivity contribution is 7.99. The third kappa shape index (κ3) is 7.04. The van der Waals surface area contributed by atoms with E-state index in [0.717, 1.165) is 16.2 Å². The molecule has 0 radical (unpaired) electrons. The van der Waals surface area contributed by atoms with Gasteiger partial charge in [-0.2, -0.15) is 5.26 Å². The van der Waals surface area contributed by atoms with E-state index in [1.165, 1.54) is 11.8 Å². The number of anilines is 1. The summed E-state index contributed by atoms with van der Waals surface area (Å²) in [7, 11) is 0. The van der Waals surface area contributed by atoms with E-state index in [4.69, 9.17) is 14.7 Å². The molecule has 0 heterocycles. The number of nitrogens with zero attached hydrogens (tertiary/aromatic N) is 1. The average Bonchev–Trinajstić information content (AvgIpc) is 2.67. The lowest BCUT2D eigenvalue weighted by Crippen LogP contribution is -2.22. The van der Waals surface area contributed by atoms with Crippen LogP contribution in [0.25, 0.3) is 0 Å². The van der Waals surface area contributed by atoms with Crippen molar-refractivity contribution < 1.29 is 19.1 Å². The summed E-state index contributed by atoms with van der Waals surface area (Å²) in [5, 5.41) is 11.4. The largest absolute Gasteiger partial charge is 0.493 e. The number of benzene rings is 2. The van der Waals surface area contributed by atoms with Gasteiger partial charge in [-0.25, -0.2) is 0 Å². The zero-order valence-corrected chi connectivity index (χ0v) is 15.8. The second-order valence-electron chi connectivity index (χ2n) is 5.52. The Hall–Kier alpha value is -2.98. The van der Waals surface area contributed by atoms with Crippen molar-refractivity contribution in [3.63, 3.8) is 0 Å². The van der Waals surface area contributed by atoms with Crippen molar-refractivity contribution in [1.29, 1.82) is 5.26 Å². The molecule has 0 aliphatic carbocycles. The summed E-state index contributed by atoms with van der Waals surface area (Å²) in [6, 6.07) is 16.7. The number of para-hydroxylation sites is 2. The standard InChI is InChI=1S/C20H20N2O4S/c1-15-6-2-4-8-17(15)25-12-10-20(24)26-14-19(23)22-16-7-3-5-9-18(16)27-13-11-21/h2-9H,10,12-14H2,1H3,(H,22,23). The summed E-state index contributed by atoms with van der Waals surface area (Å²) in [6.45, 7) is 1.73. The van der Waals surface area contributed by atoms with Gasteiger partial charge in [0.15, 0.2) is 6.61 Å². The van der Waals surface area contributed by atoms with Gasteiger partial charge in [0, 0.05) is 4.90 Å². The first-order valence-corrected chi connectivity index (χ1v) is 9.31. The average molecular weight is 384 g/mol. The van der Waals surface area contributed by atoms with Crippen LogP contribution in [0.1, 0.15) is 12.0 Å². The van der Waals surface area contributed by atoms with Crippen LogP contribution in [0.2, 0.25) is 0 Å². The van der Waals surface area contributed by atoms with Gasteiger partial charge < -0.3 is 14.8 Å². The molecule has 0 aromatic heterocycles. The number of thioether (sulfide) groups is 1. The molecular formula is C20H20N2O4S. The Bertz CT molecular complexity index is 833. The first kappa shape index (κ1) is 20.3. The van der Waals surface area contributed by atoms with E-state index in [9.17, 15) is 9.59 Å². The van der Waals surface area contributed by atoms with Crippen molar-refractivity contribution in [3.8, 4) is 11.8 Å². The molecule has 0 saturated heterocycles. The molecule has 0 fully saturated rings. The first-order valence-electron chi connectivity index (χ1n) is 8.33. The second-order valence-corrected chi connectivity index (χ2v) is 6.53. The number of ether oxygens (including phenoxy) is 2. The second kappa shape index (κ2) is 10.9. The van der Waals surface area contributed by atoms with Gasteiger partial charge in [-0.3, -0.25) is 9.59 Å². The molecule has 7 heteroatoms. The van der Waals surface area contributed by atoms with Crippen LogP contribution < -0.4 is 10.1 Å². The van der Waals surface area contributed by atoms with Crippen LogP contribution in [0.4, 0.5) is 5.69 Å². The maximum Gasteiger partial charge on any atom is 0.309 e. The third-order valence-corrected chi connectivity index (χ3v) is 4.42. The summed E-state index contributed by atoms with van der Waals surface area (Å²) >= 11 is 1.32. The van der Waals surface area contributed by atoms with Crippen molar-refractivity contribution in [1.82, 2.24) is 0 Å². The maximum absolute atomic E-state index is 12.0. The summed E-state index contributed by atoms with van der Waals surface area (Å²) in [5.41, 5.74) is 1.57. The highest BCUT2D eigenvalue weighted by Crippen LogP contribution is 2.26. The van der Waals surface area contributed by atoms with E-state index in [1.807, 2.05) is 49.4 Å². The smallest absolute Gasteiger partial charge is 0.309 e. The number of amides is 1. The molecule has 0 unspecified atom stereocenters. The zero-order valence-electron chi connectivity index (χ0n) is 14.9. The number of hydrogen-bond acceptors (Lipinski definition) is 6. The fourth-order valence-electron chi connectivity index (χ4n) is 2.17. The van der Waals surface area contributed by atoms with E-state index in [1.54, 1.807) is 12.1 Å². The summed E-state index contributed by atoms with van der Waals surface area (Å²) in [4.78, 5) is 24.5. The normalized spacial score (nSPS) is 9.93. The van der Waals surface area contributed by atoms with E-state index in [0.29, 0.717) is 5.69 Å². The van der Waals surface area contributed by atoms with Crippen LogP contribution in [0.15, 0.2) is 53.4 Å². The Morgan fingerprint density at radius 2 is 1.89 bits per heavy atom. The minimum atomic E-state index is -0.508. The minimum absolute atomic E-state index is 0.0518. The molecule has 140 valence electrons. The van der Waals surface area contributed by atoms with Crippen LogP contribution in [0.3, 0.4) is 0 Å². The van der Waals surface area contributed by atoms with Gasteiger partial charge in [-0.05, 0) is 30.7 Å². The van der Waals surface area contributed by atoms with E-state index in [2.05, 4.69) is 5.32 Å². The lowest BCUT2D eigenvalue weighted by atomic mass is 10.2. The molecule has 1 amide bonds. The van der Waals surface area contributed by atoms with Crippen molar-refractivity contribution in [2.45, 2.75) is 18.2 Å². The molecule has 0 aliphatic rings. The van der Waals surface area contributed by atoms with E-state index < -0.39 is 11.9 Å². The molecule has 0 atom stereocenters. The zero-order chi connectivity index (χ0) is 19.5. The number of carbonyl (C=O) groups is 2. The highest BCUT2D eigenvalue weighted by Gasteiger charge is 2.11. The Morgan fingerprint density at radius 1 is 1.15 bits per heavy atom. The Balaban J connectivity index is 1.73. The fourth-order valence-corrected chi connectivity index (χ4v) is 2.84. The van der Waals surface area contributed by atoms with Crippen LogP contribution in [-0.4, -0.2) is 30.8 Å². The molecule has 2 rings (SSSR count). The molecule has 27 heavy (non-hydrogen) atoms. The molecule has 0 bridgehead atoms. The lowest BCUT2D eigenvalue weighted by molar-refractivity contribution is -0.147. The number of rotatable bonds is 9. The van der Waals surface area contributed by atoms with Gasteiger partial charge in [0.2, 0.25) is 0 Å². The predicted molar refractivity (Wildman–Crippen MR) is 104 cm³/mol. The predicted octanol–water partition coefficient (Wildman–Crippen LogP) is 3.56. The molecule has 2 aromatic carbocycles. The molecule has 6 nitrogen and oxygen atoms in total. The minimum Gasteiger partial charge on any atom is -0.493 e. The molecule has 1 N–H and O–H groups in total. The van der Waals surface area contributed by atoms with Crippen molar-refractivity contribution in [3.05, 3.63) is 54.1 Å². The third-order valence-electron chi connectivity index (χ3n) is 3.47. The Labute approximate surface area is 162 Å². The molecule has 2 aromatic rings. The van der Waals surface area contributed by atoms with Gasteiger partial charge in [0.05, 0.1) is 30.5 Å². The number of esters is 1. The number of nitriles is 1. The van der Waals surface area contributed by atoms with Gasteiger partial charge in [0.1, 0.15) is 5.75 Å². The quantitative estimate of drug-likeness (QED) is 0.525. The van der Waals surface area contributed by atoms with E-state index >= 15 is 0 Å². The van der Waals surface area contributed by atoms with Gasteiger partial charge in [-0.1, -0.05) is 30.3 Å². The van der Waals surface area contributed by atoms with Crippen molar-refractivity contribution >= 4 is 29.3 Å².